The van der Waals surface area contributed by atoms with Gasteiger partial charge in [0.2, 0.25) is 6.41 Å². The van der Waals surface area contributed by atoms with Crippen LogP contribution in [0, 0.1) is 11.6 Å². The van der Waals surface area contributed by atoms with E-state index in [4.69, 9.17) is 0 Å². The van der Waals surface area contributed by atoms with Crippen LogP contribution in [-0.2, 0) is 11.8 Å². The summed E-state index contributed by atoms with van der Waals surface area (Å²) in [5.41, 5.74) is 1.16. The van der Waals surface area contributed by atoms with Gasteiger partial charge in [0.05, 0.1) is 10.6 Å². The van der Waals surface area contributed by atoms with Crippen LogP contribution >= 0.6 is 22.7 Å². The van der Waals surface area contributed by atoms with Gasteiger partial charge in [-0.2, -0.15) is 5.10 Å². The molecule has 0 unspecified atom stereocenters. The van der Waals surface area contributed by atoms with Gasteiger partial charge >= 0.3 is 0 Å². The topological polar surface area (TPSA) is 51.0 Å². The third-order valence-electron chi connectivity index (χ3n) is 3.90. The number of carbonyl (C=O) groups excluding carboxylic acids is 1. The first-order chi connectivity index (χ1) is 13.1. The maximum atomic E-state index is 14.1. The molecule has 0 spiro atoms. The second-order valence-corrected chi connectivity index (χ2v) is 7.52. The molecule has 27 heavy (non-hydrogen) atoms. The van der Waals surface area contributed by atoms with E-state index in [1.54, 1.807) is 30.1 Å². The smallest absolute Gasteiger partial charge is 0.219 e. The molecule has 0 bridgehead atoms. The summed E-state index contributed by atoms with van der Waals surface area (Å²) in [6, 6.07) is 8.82. The second kappa shape index (κ2) is 7.01. The van der Waals surface area contributed by atoms with Crippen molar-refractivity contribution in [2.24, 2.45) is 7.05 Å². The minimum absolute atomic E-state index is 0.394. The minimum atomic E-state index is -0.802. The zero-order valence-electron chi connectivity index (χ0n) is 14.0. The van der Waals surface area contributed by atoms with Crippen LogP contribution in [0.15, 0.2) is 48.0 Å². The Hall–Kier alpha value is -2.91. The Kier molecular flexibility index (Phi) is 4.54. The lowest BCUT2D eigenvalue weighted by Crippen LogP contribution is -2.15. The van der Waals surface area contributed by atoms with Gasteiger partial charge in [0, 0.05) is 18.6 Å². The summed E-state index contributed by atoms with van der Waals surface area (Å²) in [5, 5.41) is 7.54. The fraction of sp³-hybridized carbons (Fsp3) is 0.0556. The van der Waals surface area contributed by atoms with Crippen LogP contribution in [0.1, 0.15) is 0 Å². The molecule has 5 nitrogen and oxygen atoms in total. The molecule has 0 aliphatic heterocycles. The Morgan fingerprint density at radius 1 is 1.19 bits per heavy atom. The molecule has 0 radical (unpaired) electrons. The van der Waals surface area contributed by atoms with E-state index < -0.39 is 17.3 Å². The molecule has 4 aromatic rings. The van der Waals surface area contributed by atoms with Crippen molar-refractivity contribution in [3.8, 4) is 21.3 Å². The van der Waals surface area contributed by atoms with Gasteiger partial charge in [0.1, 0.15) is 33.0 Å². The van der Waals surface area contributed by atoms with Crippen LogP contribution in [0.2, 0.25) is 0 Å². The predicted octanol–water partition coefficient (Wildman–Crippen LogP) is 4.84. The Morgan fingerprint density at radius 2 is 1.96 bits per heavy atom. The maximum Gasteiger partial charge on any atom is 0.219 e. The van der Waals surface area contributed by atoms with Crippen molar-refractivity contribution in [2.75, 3.05) is 4.90 Å². The van der Waals surface area contributed by atoms with E-state index in [1.807, 2.05) is 11.4 Å². The first-order valence-corrected chi connectivity index (χ1v) is 9.50. The third-order valence-corrected chi connectivity index (χ3v) is 5.80. The van der Waals surface area contributed by atoms with Crippen LogP contribution in [-0.4, -0.2) is 21.2 Å². The number of aryl methyl sites for hydroxylation is 1. The summed E-state index contributed by atoms with van der Waals surface area (Å²) in [4.78, 5) is 17.6. The second-order valence-electron chi connectivity index (χ2n) is 5.56. The lowest BCUT2D eigenvalue weighted by atomic mass is 10.2. The van der Waals surface area contributed by atoms with Crippen molar-refractivity contribution in [3.05, 3.63) is 59.6 Å². The lowest BCUT2D eigenvalue weighted by molar-refractivity contribution is -0.106. The Morgan fingerprint density at radius 3 is 2.63 bits per heavy atom. The van der Waals surface area contributed by atoms with E-state index in [-0.39, 0.29) is 0 Å². The molecule has 4 rings (SSSR count). The number of hydrogen-bond donors (Lipinski definition) is 0. The summed E-state index contributed by atoms with van der Waals surface area (Å²) in [6.07, 6.45) is 2.11. The number of amides is 1. The highest BCUT2D eigenvalue weighted by Gasteiger charge is 2.20. The van der Waals surface area contributed by atoms with Gasteiger partial charge < -0.3 is 0 Å². The number of benzene rings is 1. The molecular weight excluding hydrogens is 390 g/mol. The number of halogens is 2. The number of hydrogen-bond acceptors (Lipinski definition) is 5. The molecule has 1 amide bonds. The fourth-order valence-electron chi connectivity index (χ4n) is 2.68. The van der Waals surface area contributed by atoms with Crippen molar-refractivity contribution >= 4 is 39.8 Å². The predicted molar refractivity (Wildman–Crippen MR) is 102 cm³/mol. The Labute approximate surface area is 161 Å². The van der Waals surface area contributed by atoms with Gasteiger partial charge in [-0.05, 0) is 30.3 Å². The van der Waals surface area contributed by atoms with Crippen molar-refractivity contribution in [1.82, 2.24) is 14.8 Å². The molecule has 3 aromatic heterocycles. The summed E-state index contributed by atoms with van der Waals surface area (Å²) in [7, 11) is 1.81. The number of nitrogens with zero attached hydrogens (tertiary/aromatic N) is 4. The van der Waals surface area contributed by atoms with E-state index in [2.05, 4.69) is 10.1 Å². The van der Waals surface area contributed by atoms with E-state index in [1.165, 1.54) is 28.7 Å². The van der Waals surface area contributed by atoms with Crippen LogP contribution in [0.25, 0.3) is 21.3 Å². The first kappa shape index (κ1) is 17.5. The quantitative estimate of drug-likeness (QED) is 0.449. The highest BCUT2D eigenvalue weighted by atomic mass is 32.1. The minimum Gasteiger partial charge on any atom is -0.278 e. The molecule has 136 valence electrons. The lowest BCUT2D eigenvalue weighted by Gasteiger charge is -2.16. The molecule has 0 aliphatic carbocycles. The number of thiophene rings is 1. The van der Waals surface area contributed by atoms with Gasteiger partial charge in [-0.3, -0.25) is 14.4 Å². The molecule has 0 N–H and O–H groups in total. The highest BCUT2D eigenvalue weighted by molar-refractivity contribution is 7.19. The Balaban J connectivity index is 1.72. The molecule has 9 heteroatoms. The van der Waals surface area contributed by atoms with Gasteiger partial charge in [0.15, 0.2) is 0 Å². The zero-order valence-corrected chi connectivity index (χ0v) is 15.6. The summed E-state index contributed by atoms with van der Waals surface area (Å²) >= 11 is 2.73. The number of thiazole rings is 1. The van der Waals surface area contributed by atoms with Crippen LogP contribution in [0.4, 0.5) is 19.5 Å². The van der Waals surface area contributed by atoms with Crippen molar-refractivity contribution in [3.63, 3.8) is 0 Å². The van der Waals surface area contributed by atoms with E-state index in [0.29, 0.717) is 11.4 Å². The molecule has 3 heterocycles. The number of carbonyl (C=O) groups is 1. The van der Waals surface area contributed by atoms with Gasteiger partial charge in [-0.15, -0.1) is 22.7 Å². The normalized spacial score (nSPS) is 10.9. The van der Waals surface area contributed by atoms with Crippen molar-refractivity contribution < 1.29 is 13.6 Å². The molecule has 0 saturated carbocycles. The van der Waals surface area contributed by atoms with Crippen molar-refractivity contribution in [2.45, 2.75) is 0 Å². The fourth-order valence-corrected chi connectivity index (χ4v) is 4.30. The highest BCUT2D eigenvalue weighted by Crippen LogP contribution is 2.38. The number of aromatic nitrogens is 3. The summed E-state index contributed by atoms with van der Waals surface area (Å²) < 4.78 is 29.9. The molecule has 0 saturated heterocycles. The maximum absolute atomic E-state index is 14.1. The van der Waals surface area contributed by atoms with Crippen LogP contribution in [0.5, 0.6) is 0 Å². The number of para-hydroxylation sites is 1. The summed E-state index contributed by atoms with van der Waals surface area (Å²) in [5.74, 6) is -1.60. The number of rotatable bonds is 5. The average Bonchev–Trinajstić information content (AvgIpc) is 3.38. The third kappa shape index (κ3) is 3.15. The average molecular weight is 402 g/mol. The molecule has 0 aliphatic rings. The molecule has 1 aromatic carbocycles. The SMILES string of the molecule is Cn1nc(-c2nccs2)cc1-c1ccc(N(C=O)c2c(F)cccc2F)s1. The van der Waals surface area contributed by atoms with E-state index in [9.17, 15) is 13.6 Å². The molecule has 0 atom stereocenters. The van der Waals surface area contributed by atoms with E-state index in [0.717, 1.165) is 38.3 Å². The monoisotopic (exact) mass is 402 g/mol. The zero-order chi connectivity index (χ0) is 19.0. The van der Waals surface area contributed by atoms with Gasteiger partial charge in [-0.1, -0.05) is 6.07 Å². The number of anilines is 2. The van der Waals surface area contributed by atoms with Gasteiger partial charge in [0.25, 0.3) is 0 Å². The van der Waals surface area contributed by atoms with E-state index >= 15 is 0 Å². The van der Waals surface area contributed by atoms with Gasteiger partial charge in [-0.25, -0.2) is 13.8 Å². The molecular formula is C18H12F2N4OS2. The standard InChI is InChI=1S/C18H12F2N4OS2/c1-23-14(9-13(22-23)18-21-7-8-26-18)15-5-6-16(27-15)24(10-25)17-11(19)3-2-4-12(17)20/h2-10H,1H3. The van der Waals surface area contributed by atoms with Crippen LogP contribution < -0.4 is 4.90 Å². The van der Waals surface area contributed by atoms with Crippen LogP contribution in [0.3, 0.4) is 0 Å². The molecule has 0 fully saturated rings. The van der Waals surface area contributed by atoms with Crippen molar-refractivity contribution in [1.29, 1.82) is 0 Å². The largest absolute Gasteiger partial charge is 0.278 e. The summed E-state index contributed by atoms with van der Waals surface area (Å²) in [6.45, 7) is 0. The Bertz CT molecular complexity index is 1080. The first-order valence-electron chi connectivity index (χ1n) is 7.81.